The first-order chi connectivity index (χ1) is 17.5. The number of methoxy groups -OCH3 is 1. The van der Waals surface area contributed by atoms with Gasteiger partial charge in [0.1, 0.15) is 30.7 Å². The number of hydrogen-bond acceptors (Lipinski definition) is 9. The van der Waals surface area contributed by atoms with E-state index in [9.17, 15) is 9.50 Å². The Labute approximate surface area is 218 Å². The lowest BCUT2D eigenvalue weighted by atomic mass is 10.2. The summed E-state index contributed by atoms with van der Waals surface area (Å²) < 4.78 is 26.4. The molecule has 11 heteroatoms. The number of aliphatic hydroxyl groups excluding tert-OH is 2. The van der Waals surface area contributed by atoms with Crippen LogP contribution in [0.5, 0.6) is 11.5 Å². The number of β-amino-alcohol motifs (C(OH)–C–C–N with tert-alkyl or cyclic N) is 1. The zero-order valence-corrected chi connectivity index (χ0v) is 21.7. The molecular weight excluding hydrogens is 533 g/mol. The number of piperazine rings is 1. The Hall–Kier alpha value is -2.57. The Kier molecular flexibility index (Phi) is 9.27. The van der Waals surface area contributed by atoms with Crippen LogP contribution >= 0.6 is 15.9 Å². The number of fused-ring (bicyclic) bond motifs is 1. The number of halogens is 2. The third-order valence-corrected chi connectivity index (χ3v) is 6.60. The maximum absolute atomic E-state index is 14.3. The normalized spacial score (nSPS) is 15.7. The van der Waals surface area contributed by atoms with Crippen LogP contribution in [0.15, 0.2) is 41.1 Å². The summed E-state index contributed by atoms with van der Waals surface area (Å²) >= 11 is 3.26. The van der Waals surface area contributed by atoms with Gasteiger partial charge in [0, 0.05) is 61.8 Å². The number of aliphatic hydroxyl groups is 2. The minimum atomic E-state index is -0.669. The van der Waals surface area contributed by atoms with Gasteiger partial charge in [0.2, 0.25) is 0 Å². The highest BCUT2D eigenvalue weighted by Crippen LogP contribution is 2.35. The van der Waals surface area contributed by atoms with Gasteiger partial charge in [-0.1, -0.05) is 15.9 Å². The van der Waals surface area contributed by atoms with E-state index in [1.165, 1.54) is 19.5 Å². The SMILES string of the molecule is COc1cc2c(Nc3ccc(Br)cc3F)ncnc2cc1OCC(O)CN1CCN(CCCO)CC1. The molecule has 2 heterocycles. The zero-order valence-electron chi connectivity index (χ0n) is 20.2. The predicted molar refractivity (Wildman–Crippen MR) is 140 cm³/mol. The van der Waals surface area contributed by atoms with Gasteiger partial charge in [-0.25, -0.2) is 14.4 Å². The van der Waals surface area contributed by atoms with E-state index >= 15 is 0 Å². The summed E-state index contributed by atoms with van der Waals surface area (Å²) in [6, 6.07) is 8.20. The highest BCUT2D eigenvalue weighted by atomic mass is 79.9. The number of nitrogens with one attached hydrogen (secondary N) is 1. The van der Waals surface area contributed by atoms with E-state index in [-0.39, 0.29) is 18.9 Å². The third kappa shape index (κ3) is 6.80. The molecule has 2 aromatic carbocycles. The van der Waals surface area contributed by atoms with E-state index in [4.69, 9.17) is 14.6 Å². The van der Waals surface area contributed by atoms with Gasteiger partial charge in [0.25, 0.3) is 0 Å². The summed E-state index contributed by atoms with van der Waals surface area (Å²) in [6.45, 7) is 5.31. The molecule has 1 atom stereocenters. The quantitative estimate of drug-likeness (QED) is 0.324. The average molecular weight is 564 g/mol. The minimum absolute atomic E-state index is 0.104. The lowest BCUT2D eigenvalue weighted by Crippen LogP contribution is -2.49. The van der Waals surface area contributed by atoms with Gasteiger partial charge in [-0.2, -0.15) is 0 Å². The summed E-state index contributed by atoms with van der Waals surface area (Å²) in [5.74, 6) is 0.937. The van der Waals surface area contributed by atoms with Crippen molar-refractivity contribution in [3.05, 3.63) is 46.9 Å². The van der Waals surface area contributed by atoms with Crippen molar-refractivity contribution in [1.82, 2.24) is 19.8 Å². The van der Waals surface area contributed by atoms with Crippen LogP contribution in [0.25, 0.3) is 10.9 Å². The molecule has 1 aliphatic heterocycles. The van der Waals surface area contributed by atoms with Crippen LogP contribution in [0.2, 0.25) is 0 Å². The summed E-state index contributed by atoms with van der Waals surface area (Å²) in [5, 5.41) is 23.2. The number of aromatic nitrogens is 2. The first-order valence-corrected chi connectivity index (χ1v) is 12.7. The smallest absolute Gasteiger partial charge is 0.163 e. The molecule has 1 aliphatic rings. The molecule has 1 unspecified atom stereocenters. The number of hydrogen-bond donors (Lipinski definition) is 3. The van der Waals surface area contributed by atoms with E-state index in [1.807, 2.05) is 0 Å². The molecule has 4 rings (SSSR count). The fraction of sp³-hybridized carbons (Fsp3) is 0.440. The van der Waals surface area contributed by atoms with Gasteiger partial charge >= 0.3 is 0 Å². The second kappa shape index (κ2) is 12.6. The molecule has 0 aliphatic carbocycles. The summed E-state index contributed by atoms with van der Waals surface area (Å²) in [6.07, 6.45) is 1.51. The number of rotatable bonds is 11. The van der Waals surface area contributed by atoms with Crippen LogP contribution in [0.1, 0.15) is 6.42 Å². The van der Waals surface area contributed by atoms with Crippen molar-refractivity contribution in [2.45, 2.75) is 12.5 Å². The standard InChI is InChI=1S/C25H31BrFN5O4/c1-35-23-12-19-22(28-16-29-25(19)30-21-4-3-17(26)11-20(21)27)13-24(23)36-15-18(34)14-32-8-6-31(7-9-32)5-2-10-33/h3-4,11-13,16,18,33-34H,2,5-10,14-15H2,1H3,(H,28,29,30). The molecule has 36 heavy (non-hydrogen) atoms. The summed E-state index contributed by atoms with van der Waals surface area (Å²) in [4.78, 5) is 13.1. The van der Waals surface area contributed by atoms with Crippen LogP contribution in [0.3, 0.4) is 0 Å². The van der Waals surface area contributed by atoms with Crippen LogP contribution in [-0.4, -0.2) is 95.7 Å². The van der Waals surface area contributed by atoms with Crippen molar-refractivity contribution in [3.63, 3.8) is 0 Å². The Bertz CT molecular complexity index is 1160. The topological polar surface area (TPSA) is 103 Å². The molecule has 3 aromatic rings. The van der Waals surface area contributed by atoms with Crippen LogP contribution < -0.4 is 14.8 Å². The van der Waals surface area contributed by atoms with Crippen molar-refractivity contribution in [2.75, 3.05) is 64.9 Å². The fourth-order valence-corrected chi connectivity index (χ4v) is 4.51. The molecule has 9 nitrogen and oxygen atoms in total. The highest BCUT2D eigenvalue weighted by Gasteiger charge is 2.20. The second-order valence-electron chi connectivity index (χ2n) is 8.68. The van der Waals surface area contributed by atoms with Gasteiger partial charge in [0.15, 0.2) is 11.5 Å². The first-order valence-electron chi connectivity index (χ1n) is 11.9. The minimum Gasteiger partial charge on any atom is -0.493 e. The lowest BCUT2D eigenvalue weighted by Gasteiger charge is -2.35. The monoisotopic (exact) mass is 563 g/mol. The maximum atomic E-state index is 14.3. The van der Waals surface area contributed by atoms with Gasteiger partial charge < -0.3 is 29.9 Å². The van der Waals surface area contributed by atoms with Gasteiger partial charge in [-0.3, -0.25) is 4.90 Å². The molecule has 1 fully saturated rings. The first kappa shape index (κ1) is 26.5. The van der Waals surface area contributed by atoms with Crippen molar-refractivity contribution in [2.24, 2.45) is 0 Å². The lowest BCUT2D eigenvalue weighted by molar-refractivity contribution is 0.0445. The molecule has 1 saturated heterocycles. The van der Waals surface area contributed by atoms with Crippen LogP contribution in [0.4, 0.5) is 15.9 Å². The Morgan fingerprint density at radius 2 is 1.89 bits per heavy atom. The number of anilines is 2. The van der Waals surface area contributed by atoms with E-state index in [1.54, 1.807) is 24.3 Å². The van der Waals surface area contributed by atoms with E-state index in [0.29, 0.717) is 39.2 Å². The molecule has 3 N–H and O–H groups in total. The molecule has 0 saturated carbocycles. The van der Waals surface area contributed by atoms with Crippen molar-refractivity contribution >= 4 is 38.3 Å². The molecule has 0 bridgehead atoms. The Morgan fingerprint density at radius 3 is 2.61 bits per heavy atom. The Morgan fingerprint density at radius 1 is 1.11 bits per heavy atom. The van der Waals surface area contributed by atoms with Crippen LogP contribution in [0, 0.1) is 5.82 Å². The fourth-order valence-electron chi connectivity index (χ4n) is 4.18. The van der Waals surface area contributed by atoms with Crippen molar-refractivity contribution in [1.29, 1.82) is 0 Å². The molecular formula is C25H31BrFN5O4. The number of nitrogens with zero attached hydrogens (tertiary/aromatic N) is 4. The van der Waals surface area contributed by atoms with Crippen molar-refractivity contribution < 1.29 is 24.1 Å². The molecule has 0 spiro atoms. The van der Waals surface area contributed by atoms with E-state index in [2.05, 4.69) is 41.0 Å². The maximum Gasteiger partial charge on any atom is 0.163 e. The average Bonchev–Trinajstić information content (AvgIpc) is 2.88. The predicted octanol–water partition coefficient (Wildman–Crippen LogP) is 3.02. The molecule has 0 radical (unpaired) electrons. The van der Waals surface area contributed by atoms with E-state index < -0.39 is 11.9 Å². The summed E-state index contributed by atoms with van der Waals surface area (Å²) in [5.41, 5.74) is 0.879. The van der Waals surface area contributed by atoms with Crippen molar-refractivity contribution in [3.8, 4) is 11.5 Å². The molecule has 1 aromatic heterocycles. The highest BCUT2D eigenvalue weighted by molar-refractivity contribution is 9.10. The molecule has 0 amide bonds. The van der Waals surface area contributed by atoms with Gasteiger partial charge in [-0.05, 0) is 30.7 Å². The van der Waals surface area contributed by atoms with Crippen LogP contribution in [-0.2, 0) is 0 Å². The second-order valence-corrected chi connectivity index (χ2v) is 9.59. The number of benzene rings is 2. The largest absolute Gasteiger partial charge is 0.493 e. The van der Waals surface area contributed by atoms with E-state index in [0.717, 1.165) is 39.1 Å². The Balaban J connectivity index is 1.40. The molecule has 194 valence electrons. The summed E-state index contributed by atoms with van der Waals surface area (Å²) in [7, 11) is 1.53. The zero-order chi connectivity index (χ0) is 25.5. The van der Waals surface area contributed by atoms with Gasteiger partial charge in [0.05, 0.1) is 18.3 Å². The van der Waals surface area contributed by atoms with Gasteiger partial charge in [-0.15, -0.1) is 0 Å². The third-order valence-electron chi connectivity index (χ3n) is 6.10. The number of ether oxygens (including phenoxy) is 2.